The second-order valence-electron chi connectivity index (χ2n) is 3.08. The highest BCUT2D eigenvalue weighted by molar-refractivity contribution is 14.1. The SMILES string of the molecule is OC(c1cccc(I)c1)C(F)(F)C(F)(F)F. The lowest BCUT2D eigenvalue weighted by atomic mass is 10.0. The molecule has 0 bridgehead atoms. The van der Waals surface area contributed by atoms with Crippen molar-refractivity contribution in [3.05, 3.63) is 33.4 Å². The van der Waals surface area contributed by atoms with E-state index in [2.05, 4.69) is 0 Å². The van der Waals surface area contributed by atoms with E-state index in [4.69, 9.17) is 5.11 Å². The molecular weight excluding hydrogens is 346 g/mol. The normalized spacial score (nSPS) is 14.9. The number of hydrogen-bond donors (Lipinski definition) is 1. The molecule has 0 aliphatic carbocycles. The molecule has 0 saturated carbocycles. The summed E-state index contributed by atoms with van der Waals surface area (Å²) in [5.41, 5.74) is -0.464. The minimum atomic E-state index is -5.77. The predicted octanol–water partition coefficient (Wildman–Crippen LogP) is 3.52. The van der Waals surface area contributed by atoms with Crippen LogP contribution in [0.4, 0.5) is 22.0 Å². The highest BCUT2D eigenvalue weighted by Gasteiger charge is 2.62. The van der Waals surface area contributed by atoms with Crippen molar-refractivity contribution in [3.8, 4) is 0 Å². The van der Waals surface area contributed by atoms with E-state index in [1.807, 2.05) is 0 Å². The maximum Gasteiger partial charge on any atom is 0.456 e. The molecule has 0 radical (unpaired) electrons. The molecule has 1 atom stereocenters. The van der Waals surface area contributed by atoms with Gasteiger partial charge < -0.3 is 5.11 Å². The van der Waals surface area contributed by atoms with E-state index in [0.717, 1.165) is 12.1 Å². The van der Waals surface area contributed by atoms with Gasteiger partial charge in [0.25, 0.3) is 0 Å². The summed E-state index contributed by atoms with van der Waals surface area (Å²) in [5, 5.41) is 9.04. The van der Waals surface area contributed by atoms with Gasteiger partial charge in [-0.3, -0.25) is 0 Å². The number of rotatable bonds is 2. The first-order chi connectivity index (χ1) is 7.16. The topological polar surface area (TPSA) is 20.2 Å². The third-order valence-corrected chi connectivity index (χ3v) is 2.56. The zero-order chi connectivity index (χ0) is 12.6. The van der Waals surface area contributed by atoms with Crippen molar-refractivity contribution in [1.29, 1.82) is 0 Å². The molecule has 1 aromatic carbocycles. The van der Waals surface area contributed by atoms with Crippen molar-refractivity contribution < 1.29 is 27.1 Å². The first-order valence-corrected chi connectivity index (χ1v) is 5.12. The van der Waals surface area contributed by atoms with Crippen LogP contribution >= 0.6 is 22.6 Å². The van der Waals surface area contributed by atoms with Crippen molar-refractivity contribution in [2.45, 2.75) is 18.2 Å². The average molecular weight is 352 g/mol. The minimum Gasteiger partial charge on any atom is -0.382 e. The Morgan fingerprint density at radius 3 is 2.12 bits per heavy atom. The molecule has 16 heavy (non-hydrogen) atoms. The summed E-state index contributed by atoms with van der Waals surface area (Å²) in [4.78, 5) is 0. The lowest BCUT2D eigenvalue weighted by Crippen LogP contribution is -2.42. The average Bonchev–Trinajstić information content (AvgIpc) is 2.14. The summed E-state index contributed by atoms with van der Waals surface area (Å²) in [6, 6.07) is 4.91. The Bertz CT molecular complexity index is 376. The summed E-state index contributed by atoms with van der Waals surface area (Å²) in [6.07, 6.45) is -8.66. The van der Waals surface area contributed by atoms with Crippen molar-refractivity contribution >= 4 is 22.6 Å². The van der Waals surface area contributed by atoms with Crippen molar-refractivity contribution in [2.75, 3.05) is 0 Å². The summed E-state index contributed by atoms with van der Waals surface area (Å²) in [6.45, 7) is 0. The molecule has 0 fully saturated rings. The van der Waals surface area contributed by atoms with Gasteiger partial charge in [-0.1, -0.05) is 12.1 Å². The van der Waals surface area contributed by atoms with E-state index in [1.165, 1.54) is 12.1 Å². The number of halogens is 6. The van der Waals surface area contributed by atoms with Crippen LogP contribution < -0.4 is 0 Å². The number of alkyl halides is 5. The van der Waals surface area contributed by atoms with Crippen LogP contribution in [0, 0.1) is 3.57 Å². The van der Waals surface area contributed by atoms with Gasteiger partial charge in [-0.05, 0) is 40.3 Å². The van der Waals surface area contributed by atoms with Crippen LogP contribution in [0.5, 0.6) is 0 Å². The maximum absolute atomic E-state index is 12.8. The highest BCUT2D eigenvalue weighted by Crippen LogP contribution is 2.44. The van der Waals surface area contributed by atoms with Gasteiger partial charge in [-0.25, -0.2) is 0 Å². The Balaban J connectivity index is 3.07. The summed E-state index contributed by atoms with van der Waals surface area (Å²) in [5.74, 6) is -5.16. The van der Waals surface area contributed by atoms with Crippen LogP contribution in [-0.2, 0) is 0 Å². The number of hydrogen-bond acceptors (Lipinski definition) is 1. The first-order valence-electron chi connectivity index (χ1n) is 4.04. The quantitative estimate of drug-likeness (QED) is 0.638. The Morgan fingerprint density at radius 1 is 1.12 bits per heavy atom. The molecule has 0 saturated heterocycles. The molecule has 1 rings (SSSR count). The van der Waals surface area contributed by atoms with Crippen molar-refractivity contribution in [1.82, 2.24) is 0 Å². The zero-order valence-corrected chi connectivity index (χ0v) is 9.76. The fraction of sp³-hybridized carbons (Fsp3) is 0.333. The maximum atomic E-state index is 12.8. The van der Waals surface area contributed by atoms with Crippen molar-refractivity contribution in [3.63, 3.8) is 0 Å². The summed E-state index contributed by atoms with van der Waals surface area (Å²) >= 11 is 1.75. The number of aliphatic hydroxyl groups excluding tert-OH is 1. The molecule has 1 unspecified atom stereocenters. The van der Waals surface area contributed by atoms with Gasteiger partial charge in [0.15, 0.2) is 6.10 Å². The van der Waals surface area contributed by atoms with E-state index in [9.17, 15) is 22.0 Å². The van der Waals surface area contributed by atoms with Crippen molar-refractivity contribution in [2.24, 2.45) is 0 Å². The largest absolute Gasteiger partial charge is 0.456 e. The third kappa shape index (κ3) is 2.62. The number of benzene rings is 1. The minimum absolute atomic E-state index is 0.464. The molecule has 0 aliphatic heterocycles. The van der Waals surface area contributed by atoms with Crippen LogP contribution in [0.15, 0.2) is 24.3 Å². The van der Waals surface area contributed by atoms with Crippen LogP contribution in [0.25, 0.3) is 0 Å². The van der Waals surface area contributed by atoms with Crippen LogP contribution in [-0.4, -0.2) is 17.2 Å². The van der Waals surface area contributed by atoms with Gasteiger partial charge in [-0.15, -0.1) is 0 Å². The molecule has 0 spiro atoms. The van der Waals surface area contributed by atoms with Crippen LogP contribution in [0.1, 0.15) is 11.7 Å². The number of aliphatic hydroxyl groups is 1. The van der Waals surface area contributed by atoms with E-state index in [1.54, 1.807) is 22.6 Å². The Kier molecular flexibility index (Phi) is 3.78. The van der Waals surface area contributed by atoms with Gasteiger partial charge in [0, 0.05) is 3.57 Å². The first kappa shape index (κ1) is 13.6. The van der Waals surface area contributed by atoms with E-state index in [-0.39, 0.29) is 0 Å². The predicted molar refractivity (Wildman–Crippen MR) is 55.1 cm³/mol. The second kappa shape index (κ2) is 4.44. The lowest BCUT2D eigenvalue weighted by Gasteiger charge is -2.25. The van der Waals surface area contributed by atoms with Gasteiger partial charge >= 0.3 is 12.1 Å². The highest BCUT2D eigenvalue weighted by atomic mass is 127. The summed E-state index contributed by atoms with van der Waals surface area (Å²) < 4.78 is 61.9. The Labute approximate surface area is 101 Å². The van der Waals surface area contributed by atoms with Gasteiger partial charge in [0.05, 0.1) is 0 Å². The Morgan fingerprint density at radius 2 is 1.69 bits per heavy atom. The Hall–Kier alpha value is -0.440. The third-order valence-electron chi connectivity index (χ3n) is 1.89. The van der Waals surface area contributed by atoms with E-state index < -0.39 is 23.8 Å². The molecule has 1 aromatic rings. The molecule has 7 heteroatoms. The van der Waals surface area contributed by atoms with Crippen LogP contribution in [0.3, 0.4) is 0 Å². The van der Waals surface area contributed by atoms with Gasteiger partial charge in [0.2, 0.25) is 0 Å². The molecule has 0 heterocycles. The summed E-state index contributed by atoms with van der Waals surface area (Å²) in [7, 11) is 0. The fourth-order valence-corrected chi connectivity index (χ4v) is 1.61. The molecular formula is C9H6F5IO. The second-order valence-corrected chi connectivity index (χ2v) is 4.32. The smallest absolute Gasteiger partial charge is 0.382 e. The lowest BCUT2D eigenvalue weighted by molar-refractivity contribution is -0.315. The molecule has 1 N–H and O–H groups in total. The molecule has 0 aliphatic rings. The van der Waals surface area contributed by atoms with Crippen LogP contribution in [0.2, 0.25) is 0 Å². The monoisotopic (exact) mass is 352 g/mol. The van der Waals surface area contributed by atoms with E-state index >= 15 is 0 Å². The molecule has 0 aromatic heterocycles. The van der Waals surface area contributed by atoms with Gasteiger partial charge in [0.1, 0.15) is 0 Å². The standard InChI is InChI=1S/C9H6F5IO/c10-8(11,9(12,13)14)7(16)5-2-1-3-6(15)4-5/h1-4,7,16H. The van der Waals surface area contributed by atoms with E-state index in [0.29, 0.717) is 3.57 Å². The molecule has 1 nitrogen and oxygen atoms in total. The molecule has 90 valence electrons. The molecule has 0 amide bonds. The zero-order valence-electron chi connectivity index (χ0n) is 7.60. The van der Waals surface area contributed by atoms with Gasteiger partial charge in [-0.2, -0.15) is 22.0 Å². The fourth-order valence-electron chi connectivity index (χ4n) is 1.04.